The van der Waals surface area contributed by atoms with Gasteiger partial charge in [0.15, 0.2) is 12.2 Å². The van der Waals surface area contributed by atoms with E-state index in [1.807, 2.05) is 0 Å². The highest BCUT2D eigenvalue weighted by Crippen LogP contribution is 2.18. The number of rotatable bonds is 2. The summed E-state index contributed by atoms with van der Waals surface area (Å²) in [5.41, 5.74) is 0. The number of aliphatic hydroxyl groups is 1. The van der Waals surface area contributed by atoms with Crippen molar-refractivity contribution in [2.45, 2.75) is 12.2 Å². The average molecular weight is 193 g/mol. The van der Waals surface area contributed by atoms with E-state index in [9.17, 15) is 9.59 Å². The molecule has 13 heavy (non-hydrogen) atoms. The van der Waals surface area contributed by atoms with Crippen LogP contribution in [0.15, 0.2) is 0 Å². The summed E-state index contributed by atoms with van der Waals surface area (Å²) in [4.78, 5) is 20.8. The van der Waals surface area contributed by atoms with Crippen LogP contribution < -0.4 is 0 Å². The molecule has 4 N–H and O–H groups in total. The van der Waals surface area contributed by atoms with E-state index in [1.54, 1.807) is 0 Å². The van der Waals surface area contributed by atoms with E-state index in [0.717, 1.165) is 0 Å². The zero-order valence-electron chi connectivity index (χ0n) is 6.15. The average Bonchev–Trinajstić information content (AvgIpc) is 2.22. The highest BCUT2D eigenvalue weighted by molar-refractivity contribution is 6.54. The Hall–Kier alpha value is -1.16. The summed E-state index contributed by atoms with van der Waals surface area (Å²) in [5, 5.41) is 34.3. The van der Waals surface area contributed by atoms with Crippen LogP contribution >= 0.6 is 0 Å². The number of hydrogen-bond acceptors (Lipinski definition) is 7. The molecule has 0 bridgehead atoms. The third-order valence-electron chi connectivity index (χ3n) is 1.37. The summed E-state index contributed by atoms with van der Waals surface area (Å²) in [7, 11) is 0. The Labute approximate surface area is 71.4 Å². The second-order valence-electron chi connectivity index (χ2n) is 2.41. The minimum absolute atomic E-state index is 1.33. The van der Waals surface area contributed by atoms with Crippen LogP contribution in [0.25, 0.3) is 0 Å². The molecule has 0 saturated carbocycles. The van der Waals surface area contributed by atoms with Gasteiger partial charge in [0.2, 0.25) is 0 Å². The topological polar surface area (TPSA) is 134 Å². The van der Waals surface area contributed by atoms with Gasteiger partial charge in [-0.2, -0.15) is 0 Å². The Kier molecular flexibility index (Phi) is 2.26. The maximum atomic E-state index is 10.7. The van der Waals surface area contributed by atoms with Gasteiger partial charge in [0.05, 0.1) is 0 Å². The van der Waals surface area contributed by atoms with E-state index < -0.39 is 31.1 Å². The number of aliphatic carboxylic acids is 1. The van der Waals surface area contributed by atoms with Crippen LogP contribution in [0.3, 0.4) is 0 Å². The molecule has 0 unspecified atom stereocenters. The van der Waals surface area contributed by atoms with Gasteiger partial charge in [0.1, 0.15) is 0 Å². The van der Waals surface area contributed by atoms with Crippen LogP contribution in [0.1, 0.15) is 0 Å². The molecule has 0 aromatic carbocycles. The third-order valence-corrected chi connectivity index (χ3v) is 1.37. The van der Waals surface area contributed by atoms with Crippen molar-refractivity contribution in [3.63, 3.8) is 0 Å². The zero-order chi connectivity index (χ0) is 10.2. The van der Waals surface area contributed by atoms with Gasteiger partial charge in [-0.25, -0.2) is 4.79 Å². The fourth-order valence-corrected chi connectivity index (χ4v) is 0.826. The van der Waals surface area contributed by atoms with Gasteiger partial charge in [0, 0.05) is 0 Å². The molecule has 0 aliphatic carbocycles. The molecule has 1 saturated heterocycles. The number of aliphatic hydroxyl groups excluding tert-OH is 1. The molecule has 0 amide bonds. The van der Waals surface area contributed by atoms with E-state index >= 15 is 0 Å². The van der Waals surface area contributed by atoms with Gasteiger partial charge in [-0.15, -0.1) is 0 Å². The predicted octanol–water partition coefficient (Wildman–Crippen LogP) is -3.21. The number of carbonyl (C=O) groups is 2. The lowest BCUT2D eigenvalue weighted by molar-refractivity contribution is -0.157. The Bertz CT molecular complexity index is 249. The molecule has 74 valence electrons. The first-order chi connectivity index (χ1) is 5.83. The van der Waals surface area contributed by atoms with Gasteiger partial charge in [-0.05, 0) is 0 Å². The molecule has 1 aliphatic heterocycles. The predicted molar refractivity (Wildman–Crippen MR) is 34.8 cm³/mol. The van der Waals surface area contributed by atoms with Crippen LogP contribution in [0, 0.1) is 0 Å². The number of carbonyl (C=O) groups excluding carboxylic acids is 1. The van der Waals surface area contributed by atoms with E-state index in [4.69, 9.17) is 20.3 Å². The largest absolute Gasteiger partial charge is 0.617 e. The molecule has 1 heterocycles. The van der Waals surface area contributed by atoms with Crippen LogP contribution in [0.2, 0.25) is 0 Å². The summed E-state index contributed by atoms with van der Waals surface area (Å²) >= 11 is 0. The van der Waals surface area contributed by atoms with E-state index in [0.29, 0.717) is 0 Å². The van der Waals surface area contributed by atoms with Crippen LogP contribution in [-0.4, -0.2) is 51.4 Å². The lowest BCUT2D eigenvalue weighted by Crippen LogP contribution is -2.41. The summed E-state index contributed by atoms with van der Waals surface area (Å²) < 4.78 is 7.88. The van der Waals surface area contributed by atoms with E-state index in [1.165, 1.54) is 0 Å². The second kappa shape index (κ2) is 2.96. The van der Waals surface area contributed by atoms with Crippen molar-refractivity contribution in [1.29, 1.82) is 0 Å². The molecule has 8 nitrogen and oxygen atoms in total. The first-order valence-electron chi connectivity index (χ1n) is 3.23. The zero-order valence-corrected chi connectivity index (χ0v) is 6.15. The van der Waals surface area contributed by atoms with E-state index in [2.05, 4.69) is 9.31 Å². The first-order valence-corrected chi connectivity index (χ1v) is 3.23. The Morgan fingerprint density at radius 3 is 2.38 bits per heavy atom. The smallest absolute Gasteiger partial charge is 0.589 e. The van der Waals surface area contributed by atoms with Gasteiger partial charge < -0.3 is 29.6 Å². The summed E-state index contributed by atoms with van der Waals surface area (Å²) in [6, 6.07) is 0. The lowest BCUT2D eigenvalue weighted by Gasteiger charge is -2.19. The van der Waals surface area contributed by atoms with Crippen molar-refractivity contribution in [2.75, 3.05) is 0 Å². The molecule has 0 aromatic rings. The van der Waals surface area contributed by atoms with Crippen molar-refractivity contribution < 1.29 is 39.2 Å². The Morgan fingerprint density at radius 2 is 2.08 bits per heavy atom. The SMILES string of the molecule is O=C1O[B-](O)(O)O[C@H]1[C@@H](O)C(=O)O. The number of carboxylic acid groups (broad SMARTS) is 1. The highest BCUT2D eigenvalue weighted by Gasteiger charge is 2.47. The fraction of sp³-hybridized carbons (Fsp3) is 0.500. The molecular formula is C4H6BO8-. The molecule has 1 rings (SSSR count). The fourth-order valence-electron chi connectivity index (χ4n) is 0.826. The number of carboxylic acids is 1. The number of hydrogen-bond donors (Lipinski definition) is 4. The Morgan fingerprint density at radius 1 is 1.54 bits per heavy atom. The lowest BCUT2D eigenvalue weighted by atomic mass is 10.1. The third kappa shape index (κ3) is 1.95. The second-order valence-corrected chi connectivity index (χ2v) is 2.41. The maximum Gasteiger partial charge on any atom is 0.589 e. The normalized spacial score (nSPS) is 28.2. The van der Waals surface area contributed by atoms with Gasteiger partial charge >= 0.3 is 12.9 Å². The molecule has 1 aliphatic rings. The monoisotopic (exact) mass is 193 g/mol. The van der Waals surface area contributed by atoms with Crippen molar-refractivity contribution in [3.8, 4) is 0 Å². The highest BCUT2D eigenvalue weighted by atomic mass is 16.8. The van der Waals surface area contributed by atoms with Crippen molar-refractivity contribution in [1.82, 2.24) is 0 Å². The molecule has 2 atom stereocenters. The maximum absolute atomic E-state index is 10.7. The van der Waals surface area contributed by atoms with Gasteiger partial charge in [-0.1, -0.05) is 0 Å². The Balaban J connectivity index is 2.73. The molecule has 0 radical (unpaired) electrons. The van der Waals surface area contributed by atoms with Crippen molar-refractivity contribution >= 4 is 18.9 Å². The van der Waals surface area contributed by atoms with Gasteiger partial charge in [0.25, 0.3) is 5.97 Å². The molecule has 0 aromatic heterocycles. The molecule has 1 fully saturated rings. The van der Waals surface area contributed by atoms with Crippen molar-refractivity contribution in [3.05, 3.63) is 0 Å². The van der Waals surface area contributed by atoms with E-state index in [-0.39, 0.29) is 0 Å². The van der Waals surface area contributed by atoms with Crippen molar-refractivity contribution in [2.24, 2.45) is 0 Å². The van der Waals surface area contributed by atoms with Gasteiger partial charge in [-0.3, -0.25) is 4.79 Å². The quantitative estimate of drug-likeness (QED) is 0.336. The molecular weight excluding hydrogens is 187 g/mol. The molecule has 0 spiro atoms. The standard InChI is InChI=1S/C4H6BO8/c6-1(3(7)8)2-4(9)13-5(10,11)12-2/h1-2,6,10-11H,(H,7,8)/q-1/t1-,2+/m1/s1. The minimum Gasteiger partial charge on any atom is -0.617 e. The van der Waals surface area contributed by atoms with Crippen LogP contribution in [0.5, 0.6) is 0 Å². The van der Waals surface area contributed by atoms with Crippen LogP contribution in [-0.2, 0) is 18.9 Å². The summed E-state index contributed by atoms with van der Waals surface area (Å²) in [5.74, 6) is -3.06. The minimum atomic E-state index is -3.79. The summed E-state index contributed by atoms with van der Waals surface area (Å²) in [6.07, 6.45) is -4.09. The molecule has 9 heteroatoms. The summed E-state index contributed by atoms with van der Waals surface area (Å²) in [6.45, 7) is -3.79. The first kappa shape index (κ1) is 9.93. The van der Waals surface area contributed by atoms with Crippen LogP contribution in [0.4, 0.5) is 0 Å².